The molecule has 0 spiro atoms. The van der Waals surface area contributed by atoms with Crippen LogP contribution in [0.2, 0.25) is 0 Å². The summed E-state index contributed by atoms with van der Waals surface area (Å²) in [5, 5.41) is 11.0. The second-order valence-electron chi connectivity index (χ2n) is 6.04. The molecule has 0 saturated carbocycles. The number of rotatable bonds is 6. The van der Waals surface area contributed by atoms with Crippen LogP contribution in [-0.4, -0.2) is 18.3 Å². The van der Waals surface area contributed by atoms with Crippen LogP contribution < -0.4 is 4.72 Å². The maximum Gasteiger partial charge on any atom is 0.273 e. The second-order valence-corrected chi connectivity index (χ2v) is 7.72. The van der Waals surface area contributed by atoms with Crippen LogP contribution in [0, 0.1) is 17.0 Å². The fourth-order valence-electron chi connectivity index (χ4n) is 2.59. The highest BCUT2D eigenvalue weighted by molar-refractivity contribution is 7.92. The molecule has 3 rings (SSSR count). The molecular weight excluding hydrogens is 366 g/mol. The van der Waals surface area contributed by atoms with Crippen LogP contribution >= 0.6 is 0 Å². The molecule has 0 aliphatic rings. The van der Waals surface area contributed by atoms with Gasteiger partial charge in [0.25, 0.3) is 15.7 Å². The van der Waals surface area contributed by atoms with E-state index in [-0.39, 0.29) is 10.6 Å². The van der Waals surface area contributed by atoms with Crippen molar-refractivity contribution in [3.05, 3.63) is 93.8 Å². The minimum absolute atomic E-state index is 0.152. The topological polar surface area (TPSA) is 102 Å². The van der Waals surface area contributed by atoms with Crippen molar-refractivity contribution < 1.29 is 13.3 Å². The Kier molecular flexibility index (Phi) is 5.18. The van der Waals surface area contributed by atoms with Gasteiger partial charge in [0, 0.05) is 29.7 Å². The van der Waals surface area contributed by atoms with E-state index in [1.54, 1.807) is 31.5 Å². The quantitative estimate of drug-likeness (QED) is 0.517. The molecule has 2 aromatic carbocycles. The van der Waals surface area contributed by atoms with Gasteiger partial charge < -0.3 is 0 Å². The average Bonchev–Trinajstić information content (AvgIpc) is 2.64. The zero-order chi connectivity index (χ0) is 19.4. The molecule has 0 fully saturated rings. The summed E-state index contributed by atoms with van der Waals surface area (Å²) in [5.74, 6) is 0. The normalized spacial score (nSPS) is 11.1. The highest BCUT2D eigenvalue weighted by Gasteiger charge is 2.19. The number of pyridine rings is 1. The van der Waals surface area contributed by atoms with Gasteiger partial charge in [0.05, 0.1) is 9.82 Å². The summed E-state index contributed by atoms with van der Waals surface area (Å²) in [6.45, 7) is 1.56. The maximum atomic E-state index is 12.5. The van der Waals surface area contributed by atoms with Crippen LogP contribution in [0.4, 0.5) is 11.4 Å². The summed E-state index contributed by atoms with van der Waals surface area (Å²) in [6, 6.07) is 14.7. The van der Waals surface area contributed by atoms with Crippen molar-refractivity contribution in [2.75, 3.05) is 4.72 Å². The molecule has 0 atom stereocenters. The van der Waals surface area contributed by atoms with Crippen molar-refractivity contribution in [3.63, 3.8) is 0 Å². The monoisotopic (exact) mass is 383 g/mol. The number of benzene rings is 2. The Morgan fingerprint density at radius 3 is 2.26 bits per heavy atom. The van der Waals surface area contributed by atoms with Gasteiger partial charge in [0.1, 0.15) is 0 Å². The zero-order valence-electron chi connectivity index (χ0n) is 14.5. The number of anilines is 1. The van der Waals surface area contributed by atoms with Crippen molar-refractivity contribution in [1.82, 2.24) is 4.98 Å². The number of sulfonamides is 1. The van der Waals surface area contributed by atoms with Crippen molar-refractivity contribution in [2.24, 2.45) is 0 Å². The molecule has 0 saturated heterocycles. The maximum absolute atomic E-state index is 12.5. The first-order valence-corrected chi connectivity index (χ1v) is 9.59. The Morgan fingerprint density at radius 1 is 1.00 bits per heavy atom. The van der Waals surface area contributed by atoms with E-state index in [1.165, 1.54) is 12.1 Å². The van der Waals surface area contributed by atoms with Crippen LogP contribution in [0.15, 0.2) is 71.9 Å². The molecular formula is C19H17N3O4S. The first-order valence-electron chi connectivity index (χ1n) is 8.11. The number of aryl methyl sites for hydroxylation is 1. The standard InChI is InChI=1S/C19H17N3O4S/c1-14-2-7-18(13-19(14)22(23)24)27(25,26)21-17-5-3-15(4-6-17)12-16-8-10-20-11-9-16/h2-11,13,21H,12H2,1H3. The van der Waals surface area contributed by atoms with E-state index >= 15 is 0 Å². The lowest BCUT2D eigenvalue weighted by atomic mass is 10.1. The van der Waals surface area contributed by atoms with E-state index in [2.05, 4.69) is 9.71 Å². The van der Waals surface area contributed by atoms with E-state index in [1.807, 2.05) is 24.3 Å². The fourth-order valence-corrected chi connectivity index (χ4v) is 3.67. The second kappa shape index (κ2) is 7.55. The summed E-state index contributed by atoms with van der Waals surface area (Å²) < 4.78 is 27.5. The summed E-state index contributed by atoms with van der Waals surface area (Å²) in [4.78, 5) is 14.3. The van der Waals surface area contributed by atoms with Gasteiger partial charge in [-0.15, -0.1) is 0 Å². The third kappa shape index (κ3) is 4.48. The molecule has 0 bridgehead atoms. The van der Waals surface area contributed by atoms with Crippen LogP contribution in [0.1, 0.15) is 16.7 Å². The number of aromatic nitrogens is 1. The molecule has 138 valence electrons. The molecule has 7 nitrogen and oxygen atoms in total. The van der Waals surface area contributed by atoms with Gasteiger partial charge in [-0.25, -0.2) is 8.42 Å². The predicted octanol–water partition coefficient (Wildman–Crippen LogP) is 3.69. The first kappa shape index (κ1) is 18.5. The smallest absolute Gasteiger partial charge is 0.273 e. The average molecular weight is 383 g/mol. The van der Waals surface area contributed by atoms with Gasteiger partial charge >= 0.3 is 0 Å². The van der Waals surface area contributed by atoms with Gasteiger partial charge in [-0.1, -0.05) is 18.2 Å². The third-order valence-electron chi connectivity index (χ3n) is 4.05. The molecule has 3 aromatic rings. The number of hydrogen-bond donors (Lipinski definition) is 1. The van der Waals surface area contributed by atoms with Crippen LogP contribution in [0.5, 0.6) is 0 Å². The number of nitrogens with zero attached hydrogens (tertiary/aromatic N) is 2. The first-order chi connectivity index (χ1) is 12.8. The van der Waals surface area contributed by atoms with Gasteiger partial charge in [0.15, 0.2) is 0 Å². The molecule has 0 aliphatic carbocycles. The molecule has 0 unspecified atom stereocenters. The Hall–Kier alpha value is -3.26. The van der Waals surface area contributed by atoms with E-state index in [4.69, 9.17) is 0 Å². The Balaban J connectivity index is 1.78. The molecule has 1 heterocycles. The lowest BCUT2D eigenvalue weighted by Crippen LogP contribution is -2.13. The highest BCUT2D eigenvalue weighted by Crippen LogP contribution is 2.24. The van der Waals surface area contributed by atoms with Crippen LogP contribution in [0.3, 0.4) is 0 Å². The minimum Gasteiger partial charge on any atom is -0.280 e. The van der Waals surface area contributed by atoms with Crippen molar-refractivity contribution in [3.8, 4) is 0 Å². The molecule has 0 radical (unpaired) electrons. The Bertz CT molecular complexity index is 1070. The van der Waals surface area contributed by atoms with E-state index in [0.29, 0.717) is 17.7 Å². The molecule has 0 aliphatic heterocycles. The van der Waals surface area contributed by atoms with Gasteiger partial charge in [-0.3, -0.25) is 19.8 Å². The Morgan fingerprint density at radius 2 is 1.63 bits per heavy atom. The van der Waals surface area contributed by atoms with Gasteiger partial charge in [0.2, 0.25) is 0 Å². The summed E-state index contributed by atoms with van der Waals surface area (Å²) in [7, 11) is -3.92. The molecule has 1 aromatic heterocycles. The number of nitro benzene ring substituents is 1. The number of nitro groups is 1. The number of hydrogen-bond acceptors (Lipinski definition) is 5. The summed E-state index contributed by atoms with van der Waals surface area (Å²) in [6.07, 6.45) is 4.15. The van der Waals surface area contributed by atoms with Gasteiger partial charge in [-0.2, -0.15) is 0 Å². The lowest BCUT2D eigenvalue weighted by Gasteiger charge is -2.09. The largest absolute Gasteiger partial charge is 0.280 e. The highest BCUT2D eigenvalue weighted by atomic mass is 32.2. The van der Waals surface area contributed by atoms with Crippen molar-refractivity contribution >= 4 is 21.4 Å². The molecule has 0 amide bonds. The minimum atomic E-state index is -3.92. The predicted molar refractivity (Wildman–Crippen MR) is 102 cm³/mol. The fraction of sp³-hybridized carbons (Fsp3) is 0.105. The van der Waals surface area contributed by atoms with Crippen LogP contribution in [0.25, 0.3) is 0 Å². The van der Waals surface area contributed by atoms with E-state index < -0.39 is 14.9 Å². The van der Waals surface area contributed by atoms with E-state index in [0.717, 1.165) is 17.2 Å². The molecule has 1 N–H and O–H groups in total. The lowest BCUT2D eigenvalue weighted by molar-refractivity contribution is -0.385. The Labute approximate surface area is 156 Å². The van der Waals surface area contributed by atoms with Gasteiger partial charge in [-0.05, 0) is 54.8 Å². The van der Waals surface area contributed by atoms with Crippen molar-refractivity contribution in [2.45, 2.75) is 18.2 Å². The number of nitrogens with one attached hydrogen (secondary N) is 1. The van der Waals surface area contributed by atoms with Crippen LogP contribution in [-0.2, 0) is 16.4 Å². The van der Waals surface area contributed by atoms with Crippen molar-refractivity contribution in [1.29, 1.82) is 0 Å². The summed E-state index contributed by atoms with van der Waals surface area (Å²) in [5.41, 5.74) is 2.68. The molecule has 8 heteroatoms. The zero-order valence-corrected chi connectivity index (χ0v) is 15.3. The third-order valence-corrected chi connectivity index (χ3v) is 5.43. The van der Waals surface area contributed by atoms with E-state index in [9.17, 15) is 18.5 Å². The summed E-state index contributed by atoms with van der Waals surface area (Å²) >= 11 is 0. The molecule has 27 heavy (non-hydrogen) atoms. The SMILES string of the molecule is Cc1ccc(S(=O)(=O)Nc2ccc(Cc3ccncc3)cc2)cc1[N+](=O)[O-].